The molecule has 1 heterocycles. The topological polar surface area (TPSA) is 39.7 Å². The van der Waals surface area contributed by atoms with Crippen LogP contribution in [0.4, 0.5) is 13.2 Å². The van der Waals surface area contributed by atoms with Crippen LogP contribution in [0.1, 0.15) is 5.56 Å². The highest BCUT2D eigenvalue weighted by atomic mass is 19.4. The molecule has 1 N–H and O–H groups in total. The molecule has 0 aromatic heterocycles. The van der Waals surface area contributed by atoms with Gasteiger partial charge in [0.1, 0.15) is 5.75 Å². The minimum Gasteiger partial charge on any atom is -0.405 e. The number of alkyl halides is 3. The Morgan fingerprint density at radius 1 is 1.25 bits per heavy atom. The number of hydrogen-bond donors (Lipinski definition) is 1. The summed E-state index contributed by atoms with van der Waals surface area (Å²) in [7, 11) is 0. The SMILES string of the molecule is FC(F)(F)Oc1ccccc1CNCC1COCCO1. The maximum Gasteiger partial charge on any atom is 0.573 e. The molecule has 4 nitrogen and oxygen atoms in total. The molecule has 1 saturated heterocycles. The quantitative estimate of drug-likeness (QED) is 0.902. The number of ether oxygens (including phenoxy) is 3. The van der Waals surface area contributed by atoms with E-state index in [1.54, 1.807) is 12.1 Å². The first-order valence-electron chi connectivity index (χ1n) is 6.28. The molecule has 0 radical (unpaired) electrons. The fourth-order valence-electron chi connectivity index (χ4n) is 1.90. The summed E-state index contributed by atoms with van der Waals surface area (Å²) in [6.45, 7) is 2.40. The Labute approximate surface area is 114 Å². The molecule has 112 valence electrons. The Bertz CT molecular complexity index is 420. The van der Waals surface area contributed by atoms with Crippen LogP contribution >= 0.6 is 0 Å². The van der Waals surface area contributed by atoms with Crippen LogP contribution in [0.2, 0.25) is 0 Å². The molecule has 1 unspecified atom stereocenters. The molecule has 1 aliphatic heterocycles. The van der Waals surface area contributed by atoms with Crippen LogP contribution < -0.4 is 10.1 Å². The fourth-order valence-corrected chi connectivity index (χ4v) is 1.90. The van der Waals surface area contributed by atoms with Gasteiger partial charge < -0.3 is 19.5 Å². The molecule has 1 atom stereocenters. The summed E-state index contributed by atoms with van der Waals surface area (Å²) in [5.74, 6) is -0.187. The van der Waals surface area contributed by atoms with Gasteiger partial charge in [0.15, 0.2) is 0 Å². The van der Waals surface area contributed by atoms with Gasteiger partial charge in [-0.3, -0.25) is 0 Å². The zero-order chi connectivity index (χ0) is 14.4. The second-order valence-corrected chi connectivity index (χ2v) is 4.35. The minimum atomic E-state index is -4.68. The molecular weight excluding hydrogens is 275 g/mol. The molecular formula is C13H16F3NO3. The summed E-state index contributed by atoms with van der Waals surface area (Å²) < 4.78 is 51.4. The zero-order valence-electron chi connectivity index (χ0n) is 10.8. The summed E-state index contributed by atoms with van der Waals surface area (Å²) >= 11 is 0. The third kappa shape index (κ3) is 4.99. The molecule has 0 amide bonds. The third-order valence-electron chi connectivity index (χ3n) is 2.77. The van der Waals surface area contributed by atoms with Crippen molar-refractivity contribution < 1.29 is 27.4 Å². The average Bonchev–Trinajstić information content (AvgIpc) is 2.40. The summed E-state index contributed by atoms with van der Waals surface area (Å²) in [6.07, 6.45) is -4.75. The van der Waals surface area contributed by atoms with Crippen LogP contribution in [0, 0.1) is 0 Å². The van der Waals surface area contributed by atoms with Crippen LogP contribution in [0.15, 0.2) is 24.3 Å². The number of para-hydroxylation sites is 1. The van der Waals surface area contributed by atoms with Crippen molar-refractivity contribution in [1.82, 2.24) is 5.32 Å². The molecule has 1 fully saturated rings. The van der Waals surface area contributed by atoms with Crippen molar-refractivity contribution in [3.63, 3.8) is 0 Å². The van der Waals surface area contributed by atoms with Gasteiger partial charge in [0.05, 0.1) is 25.9 Å². The maximum absolute atomic E-state index is 12.3. The van der Waals surface area contributed by atoms with E-state index in [2.05, 4.69) is 10.1 Å². The normalized spacial score (nSPS) is 19.9. The van der Waals surface area contributed by atoms with Crippen LogP contribution in [-0.2, 0) is 16.0 Å². The van der Waals surface area contributed by atoms with E-state index in [1.807, 2.05) is 0 Å². The Morgan fingerprint density at radius 3 is 2.75 bits per heavy atom. The summed E-state index contributed by atoms with van der Waals surface area (Å²) in [4.78, 5) is 0. The number of halogens is 3. The van der Waals surface area contributed by atoms with Gasteiger partial charge >= 0.3 is 6.36 Å². The lowest BCUT2D eigenvalue weighted by atomic mass is 10.2. The lowest BCUT2D eigenvalue weighted by Gasteiger charge is -2.23. The maximum atomic E-state index is 12.3. The monoisotopic (exact) mass is 291 g/mol. The Balaban J connectivity index is 1.85. The fraction of sp³-hybridized carbons (Fsp3) is 0.538. The molecule has 20 heavy (non-hydrogen) atoms. The van der Waals surface area contributed by atoms with Crippen molar-refractivity contribution in [1.29, 1.82) is 0 Å². The first kappa shape index (κ1) is 15.1. The van der Waals surface area contributed by atoms with Crippen LogP contribution in [0.25, 0.3) is 0 Å². The predicted octanol–water partition coefficient (Wildman–Crippen LogP) is 2.09. The minimum absolute atomic E-state index is 0.0700. The number of nitrogens with one attached hydrogen (secondary N) is 1. The number of hydrogen-bond acceptors (Lipinski definition) is 4. The lowest BCUT2D eigenvalue weighted by Crippen LogP contribution is -2.37. The van der Waals surface area contributed by atoms with Gasteiger partial charge in [0.2, 0.25) is 0 Å². The molecule has 1 aromatic carbocycles. The highest BCUT2D eigenvalue weighted by Gasteiger charge is 2.31. The van der Waals surface area contributed by atoms with Crippen molar-refractivity contribution in [2.75, 3.05) is 26.4 Å². The van der Waals surface area contributed by atoms with Gasteiger partial charge in [-0.1, -0.05) is 18.2 Å². The molecule has 1 aromatic rings. The molecule has 0 saturated carbocycles. The van der Waals surface area contributed by atoms with Crippen molar-refractivity contribution in [3.05, 3.63) is 29.8 Å². The molecule has 0 bridgehead atoms. The van der Waals surface area contributed by atoms with E-state index in [0.717, 1.165) is 0 Å². The van der Waals surface area contributed by atoms with E-state index in [9.17, 15) is 13.2 Å². The van der Waals surface area contributed by atoms with E-state index in [1.165, 1.54) is 12.1 Å². The first-order chi connectivity index (χ1) is 9.54. The molecule has 0 spiro atoms. The Hall–Kier alpha value is -1.31. The van der Waals surface area contributed by atoms with Crippen molar-refractivity contribution in [3.8, 4) is 5.75 Å². The summed E-state index contributed by atoms with van der Waals surface area (Å²) in [5.41, 5.74) is 0.446. The highest BCUT2D eigenvalue weighted by molar-refractivity contribution is 5.33. The summed E-state index contributed by atoms with van der Waals surface area (Å²) in [6, 6.07) is 6.06. The van der Waals surface area contributed by atoms with E-state index >= 15 is 0 Å². The van der Waals surface area contributed by atoms with E-state index < -0.39 is 6.36 Å². The van der Waals surface area contributed by atoms with Crippen LogP contribution in [-0.4, -0.2) is 38.8 Å². The molecule has 1 aliphatic rings. The zero-order valence-corrected chi connectivity index (χ0v) is 10.8. The smallest absolute Gasteiger partial charge is 0.405 e. The van der Waals surface area contributed by atoms with Gasteiger partial charge in [-0.15, -0.1) is 13.2 Å². The van der Waals surface area contributed by atoms with Crippen molar-refractivity contribution >= 4 is 0 Å². The van der Waals surface area contributed by atoms with Crippen LogP contribution in [0.3, 0.4) is 0 Å². The van der Waals surface area contributed by atoms with Crippen molar-refractivity contribution in [2.45, 2.75) is 19.0 Å². The summed E-state index contributed by atoms with van der Waals surface area (Å²) in [5, 5.41) is 3.05. The number of rotatable bonds is 5. The van der Waals surface area contributed by atoms with Gasteiger partial charge in [-0.2, -0.15) is 0 Å². The second-order valence-electron chi connectivity index (χ2n) is 4.35. The predicted molar refractivity (Wildman–Crippen MR) is 65.4 cm³/mol. The average molecular weight is 291 g/mol. The third-order valence-corrected chi connectivity index (χ3v) is 2.77. The van der Waals surface area contributed by atoms with Gasteiger partial charge in [-0.05, 0) is 6.07 Å². The molecule has 2 rings (SSSR count). The first-order valence-corrected chi connectivity index (χ1v) is 6.28. The standard InChI is InChI=1S/C13H16F3NO3/c14-13(15,16)20-12-4-2-1-3-10(12)7-17-8-11-9-18-5-6-19-11/h1-4,11,17H,5-9H2. The number of benzene rings is 1. The Morgan fingerprint density at radius 2 is 2.05 bits per heavy atom. The molecule has 0 aliphatic carbocycles. The Kier molecular flexibility index (Phi) is 5.22. The van der Waals surface area contributed by atoms with E-state index in [0.29, 0.717) is 31.9 Å². The van der Waals surface area contributed by atoms with Crippen molar-refractivity contribution in [2.24, 2.45) is 0 Å². The second kappa shape index (κ2) is 6.92. The van der Waals surface area contributed by atoms with Crippen LogP contribution in [0.5, 0.6) is 5.75 Å². The van der Waals surface area contributed by atoms with Gasteiger partial charge in [0.25, 0.3) is 0 Å². The van der Waals surface area contributed by atoms with Gasteiger partial charge in [0, 0.05) is 18.7 Å². The van der Waals surface area contributed by atoms with E-state index in [-0.39, 0.29) is 18.4 Å². The highest BCUT2D eigenvalue weighted by Crippen LogP contribution is 2.26. The lowest BCUT2D eigenvalue weighted by molar-refractivity contribution is -0.274. The molecule has 7 heteroatoms. The largest absolute Gasteiger partial charge is 0.573 e. The van der Waals surface area contributed by atoms with E-state index in [4.69, 9.17) is 9.47 Å². The van der Waals surface area contributed by atoms with Gasteiger partial charge in [-0.25, -0.2) is 0 Å².